The molecule has 0 aliphatic rings. The van der Waals surface area contributed by atoms with Crippen molar-refractivity contribution < 1.29 is 9.21 Å². The van der Waals surface area contributed by atoms with Gasteiger partial charge in [-0.1, -0.05) is 30.0 Å². The summed E-state index contributed by atoms with van der Waals surface area (Å²) < 4.78 is 8.57. The summed E-state index contributed by atoms with van der Waals surface area (Å²) in [5.74, 6) is 1.40. The SMILES string of the molecule is Cc1cc(Br)c(NC(=O)CSc2nnc(-c3cc4ccccc4o3)n2C)cc1C. The summed E-state index contributed by atoms with van der Waals surface area (Å²) in [5, 5.41) is 13.1. The number of benzene rings is 2. The maximum Gasteiger partial charge on any atom is 0.234 e. The lowest BCUT2D eigenvalue weighted by molar-refractivity contribution is -0.113. The number of para-hydroxylation sites is 1. The predicted molar refractivity (Wildman–Crippen MR) is 119 cm³/mol. The molecule has 1 N–H and O–H groups in total. The van der Waals surface area contributed by atoms with Gasteiger partial charge in [-0.15, -0.1) is 10.2 Å². The van der Waals surface area contributed by atoms with E-state index in [1.54, 1.807) is 0 Å². The molecule has 4 aromatic rings. The van der Waals surface area contributed by atoms with E-state index in [2.05, 4.69) is 31.4 Å². The number of thioether (sulfide) groups is 1. The number of carbonyl (C=O) groups excluding carboxylic acids is 1. The molecule has 8 heteroatoms. The lowest BCUT2D eigenvalue weighted by Gasteiger charge is -2.10. The molecule has 0 aliphatic heterocycles. The van der Waals surface area contributed by atoms with Gasteiger partial charge < -0.3 is 14.3 Å². The topological polar surface area (TPSA) is 73.0 Å². The third kappa shape index (κ3) is 4.09. The van der Waals surface area contributed by atoms with Crippen LogP contribution in [0.25, 0.3) is 22.6 Å². The molecule has 0 saturated carbocycles. The van der Waals surface area contributed by atoms with Gasteiger partial charge >= 0.3 is 0 Å². The molecule has 0 aliphatic carbocycles. The minimum absolute atomic E-state index is 0.104. The molecule has 0 spiro atoms. The van der Waals surface area contributed by atoms with Gasteiger partial charge in [0.2, 0.25) is 5.91 Å². The van der Waals surface area contributed by atoms with Crippen molar-refractivity contribution in [3.05, 3.63) is 58.1 Å². The van der Waals surface area contributed by atoms with E-state index >= 15 is 0 Å². The number of amides is 1. The monoisotopic (exact) mass is 470 g/mol. The average Bonchev–Trinajstić information content (AvgIpc) is 3.27. The van der Waals surface area contributed by atoms with Crippen molar-refractivity contribution in [1.29, 1.82) is 0 Å². The molecule has 0 saturated heterocycles. The molecule has 1 amide bonds. The van der Waals surface area contributed by atoms with Crippen molar-refractivity contribution in [2.45, 2.75) is 19.0 Å². The van der Waals surface area contributed by atoms with Crippen LogP contribution in [0.1, 0.15) is 11.1 Å². The van der Waals surface area contributed by atoms with E-state index in [1.165, 1.54) is 17.3 Å². The number of rotatable bonds is 5. The van der Waals surface area contributed by atoms with Crippen LogP contribution >= 0.6 is 27.7 Å². The van der Waals surface area contributed by atoms with Crippen molar-refractivity contribution in [2.75, 3.05) is 11.1 Å². The number of anilines is 1. The first-order valence-electron chi connectivity index (χ1n) is 9.00. The minimum atomic E-state index is -0.104. The fraction of sp³-hybridized carbons (Fsp3) is 0.190. The molecule has 0 atom stereocenters. The summed E-state index contributed by atoms with van der Waals surface area (Å²) in [5.41, 5.74) is 3.86. The van der Waals surface area contributed by atoms with Crippen LogP contribution in [0.2, 0.25) is 0 Å². The third-order valence-electron chi connectivity index (χ3n) is 4.67. The summed E-state index contributed by atoms with van der Waals surface area (Å²) in [7, 11) is 1.86. The lowest BCUT2D eigenvalue weighted by atomic mass is 10.1. The van der Waals surface area contributed by atoms with Crippen molar-refractivity contribution in [2.24, 2.45) is 7.05 Å². The number of fused-ring (bicyclic) bond motifs is 1. The number of aromatic nitrogens is 3. The molecule has 2 aromatic heterocycles. The van der Waals surface area contributed by atoms with Gasteiger partial charge in [0.05, 0.1) is 11.4 Å². The fourth-order valence-electron chi connectivity index (χ4n) is 2.94. The second kappa shape index (κ2) is 8.04. The smallest absolute Gasteiger partial charge is 0.234 e. The number of hydrogen-bond donors (Lipinski definition) is 1. The Balaban J connectivity index is 1.45. The first kappa shape index (κ1) is 19.7. The minimum Gasteiger partial charge on any atom is -0.453 e. The number of halogens is 1. The fourth-order valence-corrected chi connectivity index (χ4v) is 4.21. The summed E-state index contributed by atoms with van der Waals surface area (Å²) in [6, 6.07) is 13.7. The molecule has 148 valence electrons. The Hall–Kier alpha value is -2.58. The molecular formula is C21H19BrN4O2S. The number of aryl methyl sites for hydroxylation is 2. The molecule has 4 rings (SSSR count). The second-order valence-electron chi connectivity index (χ2n) is 6.77. The number of furan rings is 1. The Morgan fingerprint density at radius 1 is 1.17 bits per heavy atom. The lowest BCUT2D eigenvalue weighted by Crippen LogP contribution is -2.15. The number of nitrogens with zero attached hydrogens (tertiary/aromatic N) is 3. The Labute approximate surface area is 180 Å². The predicted octanol–water partition coefficient (Wildman–Crippen LogP) is 5.34. The quantitative estimate of drug-likeness (QED) is 0.398. The van der Waals surface area contributed by atoms with Gasteiger partial charge in [-0.05, 0) is 65.2 Å². The van der Waals surface area contributed by atoms with Crippen molar-refractivity contribution in [3.63, 3.8) is 0 Å². The van der Waals surface area contributed by atoms with Crippen LogP contribution in [-0.4, -0.2) is 26.4 Å². The summed E-state index contributed by atoms with van der Waals surface area (Å²) in [6.45, 7) is 4.06. The standard InChI is InChI=1S/C21H19BrN4O2S/c1-12-8-15(22)16(9-13(12)2)23-19(27)11-29-21-25-24-20(26(21)3)18-10-14-6-4-5-7-17(14)28-18/h4-10H,11H2,1-3H3,(H,23,27). The molecular weight excluding hydrogens is 452 g/mol. The molecule has 2 heterocycles. The van der Waals surface area contributed by atoms with Crippen LogP contribution in [0.5, 0.6) is 0 Å². The second-order valence-corrected chi connectivity index (χ2v) is 8.56. The highest BCUT2D eigenvalue weighted by atomic mass is 79.9. The molecule has 6 nitrogen and oxygen atoms in total. The van der Waals surface area contributed by atoms with E-state index in [1.807, 2.05) is 67.9 Å². The molecule has 2 aromatic carbocycles. The molecule has 0 radical (unpaired) electrons. The van der Waals surface area contributed by atoms with Gasteiger partial charge in [0, 0.05) is 16.9 Å². The summed E-state index contributed by atoms with van der Waals surface area (Å²) in [4.78, 5) is 12.4. The van der Waals surface area contributed by atoms with Crippen molar-refractivity contribution in [3.8, 4) is 11.6 Å². The Kier molecular flexibility index (Phi) is 5.47. The van der Waals surface area contributed by atoms with Gasteiger partial charge in [0.15, 0.2) is 16.7 Å². The summed E-state index contributed by atoms with van der Waals surface area (Å²) in [6.07, 6.45) is 0. The van der Waals surface area contributed by atoms with E-state index in [9.17, 15) is 4.79 Å². The molecule has 0 fully saturated rings. The number of nitrogens with one attached hydrogen (secondary N) is 1. The number of carbonyl (C=O) groups is 1. The average molecular weight is 471 g/mol. The molecule has 29 heavy (non-hydrogen) atoms. The molecule has 0 bridgehead atoms. The van der Waals surface area contributed by atoms with E-state index < -0.39 is 0 Å². The first-order valence-corrected chi connectivity index (χ1v) is 10.8. The van der Waals surface area contributed by atoms with E-state index in [4.69, 9.17) is 4.42 Å². The normalized spacial score (nSPS) is 11.2. The zero-order valence-electron chi connectivity index (χ0n) is 16.2. The third-order valence-corrected chi connectivity index (χ3v) is 6.35. The van der Waals surface area contributed by atoms with Crippen LogP contribution in [0, 0.1) is 13.8 Å². The van der Waals surface area contributed by atoms with Gasteiger partial charge in [-0.25, -0.2) is 0 Å². The summed E-state index contributed by atoms with van der Waals surface area (Å²) >= 11 is 4.83. The maximum absolute atomic E-state index is 12.4. The zero-order valence-corrected chi connectivity index (χ0v) is 18.6. The van der Waals surface area contributed by atoms with Crippen LogP contribution < -0.4 is 5.32 Å². The van der Waals surface area contributed by atoms with Gasteiger partial charge in [0.1, 0.15) is 5.58 Å². The van der Waals surface area contributed by atoms with Gasteiger partial charge in [-0.3, -0.25) is 4.79 Å². The first-order chi connectivity index (χ1) is 13.9. The van der Waals surface area contributed by atoms with Crippen molar-refractivity contribution in [1.82, 2.24) is 14.8 Å². The largest absolute Gasteiger partial charge is 0.453 e. The molecule has 0 unspecified atom stereocenters. The van der Waals surface area contributed by atoms with Crippen molar-refractivity contribution >= 4 is 50.3 Å². The number of hydrogen-bond acceptors (Lipinski definition) is 5. The Morgan fingerprint density at radius 3 is 2.72 bits per heavy atom. The zero-order chi connectivity index (χ0) is 20.5. The highest BCUT2D eigenvalue weighted by Gasteiger charge is 2.16. The van der Waals surface area contributed by atoms with Crippen LogP contribution in [-0.2, 0) is 11.8 Å². The van der Waals surface area contributed by atoms with E-state index in [0.29, 0.717) is 16.7 Å². The Morgan fingerprint density at radius 2 is 1.93 bits per heavy atom. The highest BCUT2D eigenvalue weighted by molar-refractivity contribution is 9.10. The van der Waals surface area contributed by atoms with Crippen LogP contribution in [0.3, 0.4) is 0 Å². The van der Waals surface area contributed by atoms with Gasteiger partial charge in [-0.2, -0.15) is 0 Å². The Bertz CT molecular complexity index is 1180. The van der Waals surface area contributed by atoms with Crippen LogP contribution in [0.15, 0.2) is 56.5 Å². The van der Waals surface area contributed by atoms with E-state index in [0.717, 1.165) is 26.7 Å². The van der Waals surface area contributed by atoms with E-state index in [-0.39, 0.29) is 11.7 Å². The van der Waals surface area contributed by atoms with Crippen LogP contribution in [0.4, 0.5) is 5.69 Å². The highest BCUT2D eigenvalue weighted by Crippen LogP contribution is 2.29. The van der Waals surface area contributed by atoms with Gasteiger partial charge in [0.25, 0.3) is 0 Å². The maximum atomic E-state index is 12.4.